The van der Waals surface area contributed by atoms with E-state index in [0.717, 1.165) is 10.1 Å². The molecule has 8 nitrogen and oxygen atoms in total. The Bertz CT molecular complexity index is 1660. The highest BCUT2D eigenvalue weighted by Gasteiger charge is 2.29. The fourth-order valence-electron chi connectivity index (χ4n) is 4.26. The second-order valence-corrected chi connectivity index (χ2v) is 8.78. The van der Waals surface area contributed by atoms with Crippen LogP contribution in [0.2, 0.25) is 5.02 Å². The summed E-state index contributed by atoms with van der Waals surface area (Å²) in [6.45, 7) is 4.99. The average molecular weight is 491 g/mol. The normalized spacial score (nSPS) is 12.2. The average Bonchev–Trinajstić information content (AvgIpc) is 3.41. The summed E-state index contributed by atoms with van der Waals surface area (Å²) >= 11 is 6.25. The molecular formula is C26H19ClN2O6. The van der Waals surface area contributed by atoms with E-state index in [1.54, 1.807) is 37.3 Å². The zero-order chi connectivity index (χ0) is 25.0. The zero-order valence-electron chi connectivity index (χ0n) is 19.1. The van der Waals surface area contributed by atoms with Gasteiger partial charge in [-0.1, -0.05) is 17.7 Å². The van der Waals surface area contributed by atoms with Crippen molar-refractivity contribution >= 4 is 28.4 Å². The molecular weight excluding hydrogens is 472 g/mol. The number of furan rings is 1. The molecule has 0 unspecified atom stereocenters. The van der Waals surface area contributed by atoms with Crippen LogP contribution in [-0.4, -0.2) is 22.2 Å². The molecule has 0 saturated heterocycles. The largest absolute Gasteiger partial charge is 0.494 e. The lowest BCUT2D eigenvalue weighted by atomic mass is 9.98. The van der Waals surface area contributed by atoms with Gasteiger partial charge in [0.15, 0.2) is 17.3 Å². The van der Waals surface area contributed by atoms with Gasteiger partial charge in [-0.2, -0.15) is 5.26 Å². The first-order valence-corrected chi connectivity index (χ1v) is 11.1. The molecule has 0 atom stereocenters. The SMILES string of the molecule is Cc1cc2oc(C(=O)c3c(C)c(C#N)c(=O)n(Cc4ccc5c(c4)OCO5)c3O)c(C)c2cc1Cl. The summed E-state index contributed by atoms with van der Waals surface area (Å²) < 4.78 is 17.5. The van der Waals surface area contributed by atoms with Crippen molar-refractivity contribution in [1.29, 1.82) is 5.26 Å². The molecule has 0 radical (unpaired) electrons. The molecule has 1 aliphatic heterocycles. The molecule has 0 bridgehead atoms. The number of hydrogen-bond donors (Lipinski definition) is 1. The predicted octanol–water partition coefficient (Wildman–Crippen LogP) is 4.76. The minimum atomic E-state index is -0.708. The van der Waals surface area contributed by atoms with Crippen molar-refractivity contribution < 1.29 is 23.8 Å². The molecule has 2 aromatic heterocycles. The number of nitrogens with zero attached hydrogens (tertiary/aromatic N) is 2. The Morgan fingerprint density at radius 2 is 1.89 bits per heavy atom. The fourth-order valence-corrected chi connectivity index (χ4v) is 4.43. The van der Waals surface area contributed by atoms with Crippen LogP contribution in [0.1, 0.15) is 43.9 Å². The maximum absolute atomic E-state index is 13.6. The molecule has 35 heavy (non-hydrogen) atoms. The molecule has 0 amide bonds. The second-order valence-electron chi connectivity index (χ2n) is 8.37. The molecule has 176 valence electrons. The van der Waals surface area contributed by atoms with Gasteiger partial charge >= 0.3 is 0 Å². The van der Waals surface area contributed by atoms with E-state index in [1.807, 2.05) is 13.0 Å². The number of hydrogen-bond acceptors (Lipinski definition) is 7. The molecule has 0 fully saturated rings. The number of pyridine rings is 1. The topological polar surface area (TPSA) is 115 Å². The van der Waals surface area contributed by atoms with Crippen LogP contribution in [0.15, 0.2) is 39.5 Å². The molecule has 9 heteroatoms. The van der Waals surface area contributed by atoms with Crippen LogP contribution in [0.4, 0.5) is 0 Å². The van der Waals surface area contributed by atoms with Crippen LogP contribution in [0.3, 0.4) is 0 Å². The van der Waals surface area contributed by atoms with Gasteiger partial charge in [0.25, 0.3) is 5.56 Å². The molecule has 1 aliphatic rings. The third-order valence-electron chi connectivity index (χ3n) is 6.23. The lowest BCUT2D eigenvalue weighted by molar-refractivity contribution is 0.101. The van der Waals surface area contributed by atoms with E-state index in [1.165, 1.54) is 6.92 Å². The first-order valence-electron chi connectivity index (χ1n) is 10.7. The van der Waals surface area contributed by atoms with Crippen molar-refractivity contribution in [3.8, 4) is 23.4 Å². The van der Waals surface area contributed by atoms with Gasteiger partial charge in [-0.15, -0.1) is 0 Å². The van der Waals surface area contributed by atoms with Gasteiger partial charge in [0.05, 0.1) is 12.1 Å². The Balaban J connectivity index is 1.66. The van der Waals surface area contributed by atoms with E-state index in [0.29, 0.717) is 38.6 Å². The number of ether oxygens (including phenoxy) is 2. The number of aryl methyl sites for hydroxylation is 2. The van der Waals surface area contributed by atoms with Crippen LogP contribution in [0, 0.1) is 32.1 Å². The van der Waals surface area contributed by atoms with Gasteiger partial charge in [0, 0.05) is 16.0 Å². The molecule has 0 aliphatic carbocycles. The Hall–Kier alpha value is -4.22. The Morgan fingerprint density at radius 3 is 2.63 bits per heavy atom. The monoisotopic (exact) mass is 490 g/mol. The molecule has 2 aromatic carbocycles. The molecule has 0 spiro atoms. The quantitative estimate of drug-likeness (QED) is 0.410. The highest BCUT2D eigenvalue weighted by molar-refractivity contribution is 6.32. The molecule has 3 heterocycles. The van der Waals surface area contributed by atoms with Crippen LogP contribution in [0.25, 0.3) is 11.0 Å². The van der Waals surface area contributed by atoms with Crippen molar-refractivity contribution in [2.45, 2.75) is 27.3 Å². The van der Waals surface area contributed by atoms with Crippen molar-refractivity contribution in [2.24, 2.45) is 0 Å². The lowest BCUT2D eigenvalue weighted by Crippen LogP contribution is -2.27. The minimum absolute atomic E-state index is 0.00256. The zero-order valence-corrected chi connectivity index (χ0v) is 19.8. The highest BCUT2D eigenvalue weighted by atomic mass is 35.5. The number of carbonyl (C=O) groups excluding carboxylic acids is 1. The van der Waals surface area contributed by atoms with Crippen LogP contribution in [-0.2, 0) is 6.54 Å². The van der Waals surface area contributed by atoms with Crippen LogP contribution in [0.5, 0.6) is 17.4 Å². The van der Waals surface area contributed by atoms with Gasteiger partial charge < -0.3 is 19.0 Å². The smallest absolute Gasteiger partial charge is 0.271 e. The number of aromatic nitrogens is 1. The van der Waals surface area contributed by atoms with Gasteiger partial charge in [-0.3, -0.25) is 14.2 Å². The van der Waals surface area contributed by atoms with E-state index < -0.39 is 17.2 Å². The second kappa shape index (κ2) is 8.22. The maximum Gasteiger partial charge on any atom is 0.271 e. The van der Waals surface area contributed by atoms with Crippen molar-refractivity contribution in [3.63, 3.8) is 0 Å². The molecule has 0 saturated carbocycles. The molecule has 1 N–H and O–H groups in total. The summed E-state index contributed by atoms with van der Waals surface area (Å²) in [6.07, 6.45) is 0. The lowest BCUT2D eigenvalue weighted by Gasteiger charge is -2.15. The standard InChI is InChI=1S/C26H19ClN2O6/c1-12-6-20-16(8-18(12)27)14(3)24(35-20)23(30)22-13(2)17(9-28)25(31)29(26(22)32)10-15-4-5-19-21(7-15)34-11-33-19/h4-8,32H,10-11H2,1-3H3. The van der Waals surface area contributed by atoms with Crippen molar-refractivity contribution in [2.75, 3.05) is 6.79 Å². The van der Waals surface area contributed by atoms with E-state index >= 15 is 0 Å². The number of carbonyl (C=O) groups is 1. The summed E-state index contributed by atoms with van der Waals surface area (Å²) in [5.74, 6) is -0.122. The van der Waals surface area contributed by atoms with Crippen molar-refractivity contribution in [1.82, 2.24) is 4.57 Å². The Kier molecular flexibility index (Phi) is 5.30. The Labute approximate surface area is 204 Å². The number of fused-ring (bicyclic) bond motifs is 2. The number of nitriles is 1. The summed E-state index contributed by atoms with van der Waals surface area (Å²) in [5.41, 5.74) is 1.37. The minimum Gasteiger partial charge on any atom is -0.494 e. The predicted molar refractivity (Wildman–Crippen MR) is 128 cm³/mol. The summed E-state index contributed by atoms with van der Waals surface area (Å²) in [5, 5.41) is 22.0. The number of rotatable bonds is 4. The van der Waals surface area contributed by atoms with E-state index in [-0.39, 0.29) is 35.8 Å². The highest BCUT2D eigenvalue weighted by Crippen LogP contribution is 2.35. The maximum atomic E-state index is 13.6. The van der Waals surface area contributed by atoms with Crippen LogP contribution < -0.4 is 15.0 Å². The summed E-state index contributed by atoms with van der Waals surface area (Å²) in [4.78, 5) is 26.7. The third kappa shape index (κ3) is 3.52. The summed E-state index contributed by atoms with van der Waals surface area (Å²) in [6, 6.07) is 10.4. The van der Waals surface area contributed by atoms with Gasteiger partial charge in [0.2, 0.25) is 18.5 Å². The summed E-state index contributed by atoms with van der Waals surface area (Å²) in [7, 11) is 0. The number of ketones is 1. The molecule has 5 rings (SSSR count). The van der Waals surface area contributed by atoms with Gasteiger partial charge in [0.1, 0.15) is 17.2 Å². The first kappa shape index (κ1) is 22.6. The van der Waals surface area contributed by atoms with Gasteiger partial charge in [-0.25, -0.2) is 0 Å². The third-order valence-corrected chi connectivity index (χ3v) is 6.64. The molecule has 4 aromatic rings. The number of aromatic hydroxyl groups is 1. The van der Waals surface area contributed by atoms with E-state index in [9.17, 15) is 20.0 Å². The first-order chi connectivity index (χ1) is 16.7. The van der Waals surface area contributed by atoms with Gasteiger partial charge in [-0.05, 0) is 61.7 Å². The number of halogens is 1. The Morgan fingerprint density at radius 1 is 1.14 bits per heavy atom. The number of benzene rings is 2. The van der Waals surface area contributed by atoms with Crippen LogP contribution >= 0.6 is 11.6 Å². The fraction of sp³-hybridized carbons (Fsp3) is 0.192. The van der Waals surface area contributed by atoms with Crippen molar-refractivity contribution in [3.05, 3.63) is 84.8 Å². The van der Waals surface area contributed by atoms with E-state index in [2.05, 4.69) is 0 Å². The van der Waals surface area contributed by atoms with E-state index in [4.69, 9.17) is 25.5 Å².